The number of likely N-dealkylation sites (tertiary alicyclic amines) is 1. The van der Waals surface area contributed by atoms with E-state index in [1.165, 1.54) is 19.3 Å². The van der Waals surface area contributed by atoms with E-state index >= 15 is 0 Å². The number of carbonyl (C=O) groups is 2. The quantitative estimate of drug-likeness (QED) is 0.688. The van der Waals surface area contributed by atoms with Crippen molar-refractivity contribution in [2.45, 2.75) is 70.9 Å². The number of benzene rings is 1. The van der Waals surface area contributed by atoms with E-state index in [-0.39, 0.29) is 23.8 Å². The molecule has 7 nitrogen and oxygen atoms in total. The summed E-state index contributed by atoms with van der Waals surface area (Å²) < 4.78 is 0. The van der Waals surface area contributed by atoms with Crippen molar-refractivity contribution in [1.29, 1.82) is 0 Å². The summed E-state index contributed by atoms with van der Waals surface area (Å²) in [7, 11) is 0. The van der Waals surface area contributed by atoms with Crippen LogP contribution in [-0.4, -0.2) is 45.8 Å². The molecule has 2 amide bonds. The smallest absolute Gasteiger partial charge is 0.274 e. The van der Waals surface area contributed by atoms with Gasteiger partial charge in [-0.1, -0.05) is 31.4 Å². The zero-order valence-electron chi connectivity index (χ0n) is 19.7. The number of nitrogens with zero attached hydrogens (tertiary/aromatic N) is 3. The SMILES string of the molecule is Cc1nccc(C(=O)Nc2cccc(C(C)N3CCC(C(=O)NC4CCCCC4)CC3)c2)n1. The third kappa shape index (κ3) is 6.16. The van der Waals surface area contributed by atoms with Crippen molar-refractivity contribution < 1.29 is 9.59 Å². The highest BCUT2D eigenvalue weighted by atomic mass is 16.2. The van der Waals surface area contributed by atoms with Crippen LogP contribution in [0.25, 0.3) is 0 Å². The second kappa shape index (κ2) is 10.9. The number of amides is 2. The van der Waals surface area contributed by atoms with Crippen LogP contribution in [0.1, 0.15) is 79.8 Å². The molecule has 1 saturated heterocycles. The molecule has 2 aromatic rings. The molecule has 0 spiro atoms. The highest BCUT2D eigenvalue weighted by molar-refractivity contribution is 6.02. The summed E-state index contributed by atoms with van der Waals surface area (Å²) in [6, 6.07) is 10.2. The lowest BCUT2D eigenvalue weighted by Crippen LogP contribution is -2.44. The average molecular weight is 450 g/mol. The first-order chi connectivity index (χ1) is 16.0. The number of carbonyl (C=O) groups excluding carboxylic acids is 2. The monoisotopic (exact) mass is 449 g/mol. The van der Waals surface area contributed by atoms with Gasteiger partial charge in [0.15, 0.2) is 0 Å². The fourth-order valence-electron chi connectivity index (χ4n) is 4.98. The minimum Gasteiger partial charge on any atom is -0.353 e. The van der Waals surface area contributed by atoms with Crippen molar-refractivity contribution in [2.24, 2.45) is 5.92 Å². The number of aryl methyl sites for hydroxylation is 1. The molecule has 7 heteroatoms. The lowest BCUT2D eigenvalue weighted by Gasteiger charge is -2.36. The number of rotatable bonds is 6. The molecule has 1 aromatic carbocycles. The fourth-order valence-corrected chi connectivity index (χ4v) is 4.98. The van der Waals surface area contributed by atoms with E-state index in [1.54, 1.807) is 19.2 Å². The van der Waals surface area contributed by atoms with Crippen LogP contribution in [0.3, 0.4) is 0 Å². The van der Waals surface area contributed by atoms with Crippen molar-refractivity contribution in [3.05, 3.63) is 53.6 Å². The third-order valence-electron chi connectivity index (χ3n) is 7.04. The lowest BCUT2D eigenvalue weighted by atomic mass is 9.91. The summed E-state index contributed by atoms with van der Waals surface area (Å²) in [6.45, 7) is 5.76. The van der Waals surface area contributed by atoms with E-state index in [4.69, 9.17) is 0 Å². The van der Waals surface area contributed by atoms with Gasteiger partial charge < -0.3 is 10.6 Å². The van der Waals surface area contributed by atoms with Crippen LogP contribution in [0.4, 0.5) is 5.69 Å². The molecule has 2 heterocycles. The summed E-state index contributed by atoms with van der Waals surface area (Å²) in [4.78, 5) is 35.9. The van der Waals surface area contributed by atoms with Gasteiger partial charge in [0.1, 0.15) is 11.5 Å². The Morgan fingerprint density at radius 2 is 1.82 bits per heavy atom. The van der Waals surface area contributed by atoms with Crippen molar-refractivity contribution >= 4 is 17.5 Å². The molecule has 1 aliphatic heterocycles. The Hall–Kier alpha value is -2.80. The van der Waals surface area contributed by atoms with Crippen molar-refractivity contribution in [1.82, 2.24) is 20.2 Å². The molecule has 2 aliphatic rings. The van der Waals surface area contributed by atoms with Crippen molar-refractivity contribution in [2.75, 3.05) is 18.4 Å². The number of piperidine rings is 1. The molecule has 1 aliphatic carbocycles. The van der Waals surface area contributed by atoms with Crippen molar-refractivity contribution in [3.8, 4) is 0 Å². The van der Waals surface area contributed by atoms with Gasteiger partial charge in [-0.25, -0.2) is 9.97 Å². The summed E-state index contributed by atoms with van der Waals surface area (Å²) in [6.07, 6.45) is 9.41. The number of anilines is 1. The average Bonchev–Trinajstić information content (AvgIpc) is 2.84. The first kappa shape index (κ1) is 23.4. The molecule has 2 fully saturated rings. The summed E-state index contributed by atoms with van der Waals surface area (Å²) >= 11 is 0. The minimum absolute atomic E-state index is 0.123. The second-order valence-electron chi connectivity index (χ2n) is 9.40. The van der Waals surface area contributed by atoms with E-state index in [0.717, 1.165) is 50.0 Å². The van der Waals surface area contributed by atoms with Gasteiger partial charge in [-0.15, -0.1) is 0 Å². The predicted molar refractivity (Wildman–Crippen MR) is 129 cm³/mol. The van der Waals surface area contributed by atoms with Gasteiger partial charge in [-0.05, 0) is 76.4 Å². The molecular weight excluding hydrogens is 414 g/mol. The van der Waals surface area contributed by atoms with Crippen molar-refractivity contribution in [3.63, 3.8) is 0 Å². The maximum atomic E-state index is 12.7. The molecule has 1 atom stereocenters. The van der Waals surface area contributed by atoms with Crippen LogP contribution in [-0.2, 0) is 4.79 Å². The molecule has 4 rings (SSSR count). The van der Waals surface area contributed by atoms with Crippen LogP contribution < -0.4 is 10.6 Å². The first-order valence-electron chi connectivity index (χ1n) is 12.2. The molecule has 0 radical (unpaired) electrons. The normalized spacial score (nSPS) is 19.1. The number of nitrogens with one attached hydrogen (secondary N) is 2. The second-order valence-corrected chi connectivity index (χ2v) is 9.40. The van der Waals surface area contributed by atoms with Gasteiger partial charge in [0.2, 0.25) is 5.91 Å². The van der Waals surface area contributed by atoms with E-state index in [0.29, 0.717) is 17.6 Å². The van der Waals surface area contributed by atoms with Crippen LogP contribution in [0.15, 0.2) is 36.5 Å². The molecule has 1 saturated carbocycles. The fraction of sp³-hybridized carbons (Fsp3) is 0.538. The van der Waals surface area contributed by atoms with E-state index in [9.17, 15) is 9.59 Å². The van der Waals surface area contributed by atoms with Crippen LogP contribution in [0, 0.1) is 12.8 Å². The first-order valence-corrected chi connectivity index (χ1v) is 12.2. The molecule has 0 bridgehead atoms. The highest BCUT2D eigenvalue weighted by Crippen LogP contribution is 2.28. The molecular formula is C26H35N5O2. The maximum Gasteiger partial charge on any atom is 0.274 e. The van der Waals surface area contributed by atoms with E-state index in [1.807, 2.05) is 18.2 Å². The Morgan fingerprint density at radius 1 is 1.06 bits per heavy atom. The van der Waals surface area contributed by atoms with Gasteiger partial charge in [0, 0.05) is 29.9 Å². The molecule has 176 valence electrons. The van der Waals surface area contributed by atoms with Gasteiger partial charge in [0.05, 0.1) is 0 Å². The Labute approximate surface area is 196 Å². The van der Waals surface area contributed by atoms with Gasteiger partial charge >= 0.3 is 0 Å². The van der Waals surface area contributed by atoms with E-state index in [2.05, 4.69) is 38.5 Å². The largest absolute Gasteiger partial charge is 0.353 e. The number of hydrogen-bond donors (Lipinski definition) is 2. The Morgan fingerprint density at radius 3 is 2.55 bits per heavy atom. The van der Waals surface area contributed by atoms with Crippen LogP contribution in [0.5, 0.6) is 0 Å². The number of aromatic nitrogens is 2. The number of hydrogen-bond acceptors (Lipinski definition) is 5. The third-order valence-corrected chi connectivity index (χ3v) is 7.04. The summed E-state index contributed by atoms with van der Waals surface area (Å²) in [5, 5.41) is 6.24. The molecule has 1 aromatic heterocycles. The Balaban J connectivity index is 1.31. The Kier molecular flexibility index (Phi) is 7.70. The maximum absolute atomic E-state index is 12.7. The highest BCUT2D eigenvalue weighted by Gasteiger charge is 2.29. The lowest BCUT2D eigenvalue weighted by molar-refractivity contribution is -0.127. The molecule has 33 heavy (non-hydrogen) atoms. The summed E-state index contributed by atoms with van der Waals surface area (Å²) in [5.74, 6) is 0.701. The summed E-state index contributed by atoms with van der Waals surface area (Å²) in [5.41, 5.74) is 2.26. The minimum atomic E-state index is -0.241. The topological polar surface area (TPSA) is 87.2 Å². The predicted octanol–water partition coefficient (Wildman–Crippen LogP) is 4.26. The zero-order chi connectivity index (χ0) is 23.2. The zero-order valence-corrected chi connectivity index (χ0v) is 19.7. The van der Waals surface area contributed by atoms with Gasteiger partial charge in [0.25, 0.3) is 5.91 Å². The Bertz CT molecular complexity index is 965. The standard InChI is InChI=1S/C26H35N5O2/c1-18(31-15-12-20(13-16-31)25(32)29-22-8-4-3-5-9-22)21-7-6-10-23(17-21)30-26(33)24-11-14-27-19(2)28-24/h6-7,10-11,14,17-18,20,22H,3-5,8-9,12-13,15-16H2,1-2H3,(H,29,32)(H,30,33). The molecule has 1 unspecified atom stereocenters. The van der Waals surface area contributed by atoms with Crippen LogP contribution >= 0.6 is 0 Å². The molecule has 2 N–H and O–H groups in total. The van der Waals surface area contributed by atoms with Crippen LogP contribution in [0.2, 0.25) is 0 Å². The van der Waals surface area contributed by atoms with E-state index < -0.39 is 0 Å². The van der Waals surface area contributed by atoms with Gasteiger partial charge in [-0.3, -0.25) is 14.5 Å². The van der Waals surface area contributed by atoms with Gasteiger partial charge in [-0.2, -0.15) is 0 Å².